The molecule has 0 spiro atoms. The van der Waals surface area contributed by atoms with Gasteiger partial charge in [0, 0.05) is 11.1 Å². The highest BCUT2D eigenvalue weighted by atomic mass is 32.2. The fourth-order valence-electron chi connectivity index (χ4n) is 0.574. The maximum Gasteiger partial charge on any atom is 0.180 e. The van der Waals surface area contributed by atoms with E-state index in [1.165, 1.54) is 23.1 Å². The minimum atomic E-state index is 0.349. The maximum absolute atomic E-state index is 5.43. The molecule has 0 atom stereocenters. The Balaban J connectivity index is 2.43. The van der Waals surface area contributed by atoms with E-state index in [-0.39, 0.29) is 0 Å². The molecule has 12 heavy (non-hydrogen) atoms. The van der Waals surface area contributed by atoms with E-state index in [0.717, 1.165) is 5.69 Å². The van der Waals surface area contributed by atoms with Gasteiger partial charge in [0.1, 0.15) is 0 Å². The Morgan fingerprint density at radius 2 is 2.50 bits per heavy atom. The first-order chi connectivity index (χ1) is 5.72. The van der Waals surface area contributed by atoms with E-state index in [4.69, 9.17) is 17.3 Å². The molecule has 0 aliphatic heterocycles. The Labute approximate surface area is 78.0 Å². The van der Waals surface area contributed by atoms with Crippen LogP contribution < -0.4 is 17.3 Å². The molecule has 1 heterocycles. The topological polar surface area (TPSA) is 103 Å². The zero-order valence-corrected chi connectivity index (χ0v) is 7.86. The van der Waals surface area contributed by atoms with Gasteiger partial charge in [-0.2, -0.15) is 5.10 Å². The fraction of sp³-hybridized carbons (Fsp3) is 0.200. The molecule has 0 amide bonds. The number of nitrogens with zero attached hydrogens (tertiary/aromatic N) is 2. The maximum atomic E-state index is 5.43. The third kappa shape index (κ3) is 2.59. The van der Waals surface area contributed by atoms with Gasteiger partial charge in [-0.25, -0.2) is 4.98 Å². The van der Waals surface area contributed by atoms with Gasteiger partial charge in [-0.15, -0.1) is 11.3 Å². The van der Waals surface area contributed by atoms with Crippen LogP contribution in [0, 0.1) is 0 Å². The van der Waals surface area contributed by atoms with E-state index in [0.29, 0.717) is 16.1 Å². The van der Waals surface area contributed by atoms with E-state index in [2.05, 4.69) is 10.1 Å². The molecule has 0 aliphatic rings. The van der Waals surface area contributed by atoms with Gasteiger partial charge in [-0.05, 0) is 0 Å². The molecule has 1 rings (SSSR count). The average molecular weight is 203 g/mol. The third-order valence-corrected chi connectivity index (χ3v) is 2.63. The van der Waals surface area contributed by atoms with Crippen molar-refractivity contribution in [2.75, 3.05) is 5.73 Å². The van der Waals surface area contributed by atoms with Gasteiger partial charge >= 0.3 is 0 Å². The summed E-state index contributed by atoms with van der Waals surface area (Å²) in [5, 5.41) is 6.11. The van der Waals surface area contributed by atoms with E-state index in [9.17, 15) is 0 Å². The Morgan fingerprint density at radius 1 is 1.75 bits per heavy atom. The highest BCUT2D eigenvalue weighted by Gasteiger charge is 2.00. The summed E-state index contributed by atoms with van der Waals surface area (Å²) in [6.07, 6.45) is 0. The van der Waals surface area contributed by atoms with Crippen LogP contribution >= 0.6 is 23.1 Å². The predicted molar refractivity (Wildman–Crippen MR) is 53.6 cm³/mol. The molecule has 0 fully saturated rings. The third-order valence-electron chi connectivity index (χ3n) is 1.06. The second-order valence-corrected chi connectivity index (χ2v) is 3.82. The number of amidine groups is 1. The predicted octanol–water partition coefficient (Wildman–Crippen LogP) is 0.147. The molecule has 1 aromatic rings. The van der Waals surface area contributed by atoms with Crippen molar-refractivity contribution in [3.63, 3.8) is 0 Å². The summed E-state index contributed by atoms with van der Waals surface area (Å²) < 4.78 is 0. The zero-order chi connectivity index (χ0) is 8.97. The summed E-state index contributed by atoms with van der Waals surface area (Å²) in [5.41, 5.74) is 11.7. The standard InChI is InChI=1S/C5H9N5S2/c6-4-9-3(1-11-4)2-12-5(7)10-8/h1H,2,8H2,(H2,6,9)(H2,7,10). The monoisotopic (exact) mass is 203 g/mol. The second-order valence-electron chi connectivity index (χ2n) is 1.93. The summed E-state index contributed by atoms with van der Waals surface area (Å²) in [4.78, 5) is 4.04. The Hall–Kier alpha value is -0.950. The van der Waals surface area contributed by atoms with E-state index >= 15 is 0 Å². The van der Waals surface area contributed by atoms with Crippen molar-refractivity contribution >= 4 is 33.4 Å². The molecule has 0 saturated carbocycles. The number of hydrogen-bond acceptors (Lipinski definition) is 6. The van der Waals surface area contributed by atoms with Gasteiger partial charge in [0.15, 0.2) is 10.3 Å². The first-order valence-electron chi connectivity index (χ1n) is 3.08. The number of nitrogens with two attached hydrogens (primary N) is 3. The summed E-state index contributed by atoms with van der Waals surface area (Å²) in [5.74, 6) is 5.59. The van der Waals surface area contributed by atoms with E-state index in [1.807, 2.05) is 5.38 Å². The van der Waals surface area contributed by atoms with Gasteiger partial charge in [-0.1, -0.05) is 11.8 Å². The quantitative estimate of drug-likeness (QED) is 0.275. The Bertz CT molecular complexity index is 281. The second kappa shape index (κ2) is 4.17. The van der Waals surface area contributed by atoms with E-state index in [1.54, 1.807) is 0 Å². The molecule has 0 unspecified atom stereocenters. The largest absolute Gasteiger partial charge is 0.377 e. The molecule has 0 saturated heterocycles. The van der Waals surface area contributed by atoms with Crippen molar-refractivity contribution in [1.82, 2.24) is 4.98 Å². The number of aromatic nitrogens is 1. The molecule has 5 nitrogen and oxygen atoms in total. The molecule has 7 heteroatoms. The minimum Gasteiger partial charge on any atom is -0.377 e. The van der Waals surface area contributed by atoms with Crippen molar-refractivity contribution in [2.24, 2.45) is 16.7 Å². The SMILES string of the molecule is N/N=C(\N)SCc1csc(N)n1. The molecule has 0 bridgehead atoms. The number of thioether (sulfide) groups is 1. The van der Waals surface area contributed by atoms with Crippen LogP contribution in [0.2, 0.25) is 0 Å². The molecule has 1 aromatic heterocycles. The average Bonchev–Trinajstić information content (AvgIpc) is 2.47. The zero-order valence-electron chi connectivity index (χ0n) is 6.23. The van der Waals surface area contributed by atoms with Gasteiger partial charge < -0.3 is 17.3 Å². The highest BCUT2D eigenvalue weighted by molar-refractivity contribution is 8.13. The normalized spacial score (nSPS) is 11.8. The number of anilines is 1. The van der Waals surface area contributed by atoms with Gasteiger partial charge in [-0.3, -0.25) is 0 Å². The number of thiazole rings is 1. The lowest BCUT2D eigenvalue weighted by Gasteiger charge is -1.94. The van der Waals surface area contributed by atoms with Crippen LogP contribution in [-0.2, 0) is 5.75 Å². The van der Waals surface area contributed by atoms with Crippen LogP contribution in [0.3, 0.4) is 0 Å². The number of rotatable bonds is 2. The summed E-state index contributed by atoms with van der Waals surface area (Å²) in [7, 11) is 0. The summed E-state index contributed by atoms with van der Waals surface area (Å²) in [6.45, 7) is 0. The summed E-state index contributed by atoms with van der Waals surface area (Å²) in [6, 6.07) is 0. The molecular formula is C5H9N5S2. The van der Waals surface area contributed by atoms with Crippen LogP contribution in [0.25, 0.3) is 0 Å². The van der Waals surface area contributed by atoms with Crippen molar-refractivity contribution in [1.29, 1.82) is 0 Å². The minimum absolute atomic E-state index is 0.349. The molecular weight excluding hydrogens is 194 g/mol. The molecule has 0 radical (unpaired) electrons. The lowest BCUT2D eigenvalue weighted by Crippen LogP contribution is -2.09. The number of hydrogen-bond donors (Lipinski definition) is 3. The van der Waals surface area contributed by atoms with Crippen LogP contribution in [0.15, 0.2) is 10.5 Å². The fourth-order valence-corrected chi connectivity index (χ4v) is 1.76. The van der Waals surface area contributed by atoms with Crippen LogP contribution in [-0.4, -0.2) is 10.2 Å². The van der Waals surface area contributed by atoms with Gasteiger partial charge in [0.25, 0.3) is 0 Å². The van der Waals surface area contributed by atoms with Crippen molar-refractivity contribution < 1.29 is 0 Å². The van der Waals surface area contributed by atoms with Crippen molar-refractivity contribution in [2.45, 2.75) is 5.75 Å². The number of nitrogen functional groups attached to an aromatic ring is 1. The van der Waals surface area contributed by atoms with Gasteiger partial charge in [0.2, 0.25) is 0 Å². The molecule has 66 valence electrons. The molecule has 0 aliphatic carbocycles. The first kappa shape index (κ1) is 9.14. The van der Waals surface area contributed by atoms with Crippen molar-refractivity contribution in [3.05, 3.63) is 11.1 Å². The first-order valence-corrected chi connectivity index (χ1v) is 4.95. The Kier molecular flexibility index (Phi) is 3.18. The Morgan fingerprint density at radius 3 is 3.00 bits per heavy atom. The lowest BCUT2D eigenvalue weighted by molar-refractivity contribution is 1.23. The smallest absolute Gasteiger partial charge is 0.180 e. The molecule has 0 aromatic carbocycles. The van der Waals surface area contributed by atoms with Crippen LogP contribution in [0.5, 0.6) is 0 Å². The van der Waals surface area contributed by atoms with E-state index < -0.39 is 0 Å². The van der Waals surface area contributed by atoms with Gasteiger partial charge in [0.05, 0.1) is 5.69 Å². The number of hydrazone groups is 1. The van der Waals surface area contributed by atoms with Crippen LogP contribution in [0.4, 0.5) is 5.13 Å². The van der Waals surface area contributed by atoms with Crippen molar-refractivity contribution in [3.8, 4) is 0 Å². The lowest BCUT2D eigenvalue weighted by atomic mass is 10.6. The van der Waals surface area contributed by atoms with Crippen LogP contribution in [0.1, 0.15) is 5.69 Å². The highest BCUT2D eigenvalue weighted by Crippen LogP contribution is 2.16. The molecule has 6 N–H and O–H groups in total. The summed E-state index contributed by atoms with van der Waals surface area (Å²) >= 11 is 2.74.